The summed E-state index contributed by atoms with van der Waals surface area (Å²) in [6.45, 7) is 6.84. The van der Waals surface area contributed by atoms with Gasteiger partial charge >= 0.3 is 0 Å². The van der Waals surface area contributed by atoms with Crippen LogP contribution in [0.1, 0.15) is 36.0 Å². The van der Waals surface area contributed by atoms with Crippen LogP contribution in [0.3, 0.4) is 0 Å². The van der Waals surface area contributed by atoms with E-state index in [-0.39, 0.29) is 11.8 Å². The lowest BCUT2D eigenvalue weighted by Gasteiger charge is -2.38. The van der Waals surface area contributed by atoms with E-state index in [0.717, 1.165) is 51.9 Å². The van der Waals surface area contributed by atoms with Crippen molar-refractivity contribution < 1.29 is 14.3 Å². The summed E-state index contributed by atoms with van der Waals surface area (Å²) in [5.41, 5.74) is 3.90. The molecule has 6 heteroatoms. The number of carbonyl (C=O) groups excluding carboxylic acids is 1. The number of methoxy groups -OCH3 is 1. The average molecular weight is 470 g/mol. The third kappa shape index (κ3) is 4.61. The lowest BCUT2D eigenvalue weighted by atomic mass is 9.94. The molecule has 1 unspecified atom stereocenters. The van der Waals surface area contributed by atoms with E-state index in [9.17, 15) is 4.79 Å². The molecule has 5 rings (SSSR count). The molecule has 1 atom stereocenters. The SMILES string of the molecule is CCC(C(=O)N1CCN(C2=Nc3ccc(C)cc3Oc3ccc(OC)cc32)CC1)c1ccccc1. The van der Waals surface area contributed by atoms with Gasteiger partial charge in [0.15, 0.2) is 5.75 Å². The van der Waals surface area contributed by atoms with E-state index >= 15 is 0 Å². The summed E-state index contributed by atoms with van der Waals surface area (Å²) in [6.07, 6.45) is 0.788. The number of aliphatic imine (C=N–C) groups is 1. The van der Waals surface area contributed by atoms with Crippen molar-refractivity contribution in [2.24, 2.45) is 4.99 Å². The Balaban J connectivity index is 1.41. The summed E-state index contributed by atoms with van der Waals surface area (Å²) in [5, 5.41) is 0. The van der Waals surface area contributed by atoms with E-state index in [4.69, 9.17) is 14.5 Å². The maximum Gasteiger partial charge on any atom is 0.230 e. The van der Waals surface area contributed by atoms with Crippen LogP contribution in [0, 0.1) is 6.92 Å². The van der Waals surface area contributed by atoms with Crippen molar-refractivity contribution >= 4 is 17.4 Å². The summed E-state index contributed by atoms with van der Waals surface area (Å²) >= 11 is 0. The standard InChI is InChI=1S/C29H31N3O3/c1-4-23(21-8-6-5-7-9-21)29(33)32-16-14-31(15-17-32)28-24-19-22(34-3)11-13-26(24)35-27-18-20(2)10-12-25(27)30-28/h5-13,18-19,23H,4,14-17H2,1-3H3. The zero-order valence-electron chi connectivity index (χ0n) is 20.5. The van der Waals surface area contributed by atoms with Gasteiger partial charge in [0.1, 0.15) is 23.0 Å². The number of aryl methyl sites for hydroxylation is 1. The molecule has 0 N–H and O–H groups in total. The maximum absolute atomic E-state index is 13.4. The second-order valence-corrected chi connectivity index (χ2v) is 9.05. The molecule has 3 aromatic rings. The van der Waals surface area contributed by atoms with Gasteiger partial charge in [-0.05, 0) is 54.8 Å². The number of benzene rings is 3. The van der Waals surface area contributed by atoms with Gasteiger partial charge in [0, 0.05) is 26.2 Å². The fourth-order valence-corrected chi connectivity index (χ4v) is 4.83. The minimum absolute atomic E-state index is 0.105. The molecule has 35 heavy (non-hydrogen) atoms. The van der Waals surface area contributed by atoms with Gasteiger partial charge in [-0.1, -0.05) is 43.3 Å². The van der Waals surface area contributed by atoms with Gasteiger partial charge in [0.05, 0.1) is 18.6 Å². The lowest BCUT2D eigenvalue weighted by molar-refractivity contribution is -0.134. The van der Waals surface area contributed by atoms with Crippen molar-refractivity contribution in [2.75, 3.05) is 33.3 Å². The molecule has 1 amide bonds. The van der Waals surface area contributed by atoms with E-state index in [1.165, 1.54) is 0 Å². The highest BCUT2D eigenvalue weighted by Gasteiger charge is 2.30. The number of amides is 1. The first-order valence-electron chi connectivity index (χ1n) is 12.2. The smallest absolute Gasteiger partial charge is 0.230 e. The van der Waals surface area contributed by atoms with Gasteiger partial charge < -0.3 is 19.3 Å². The summed E-state index contributed by atoms with van der Waals surface area (Å²) in [4.78, 5) is 22.7. The molecule has 1 saturated heterocycles. The van der Waals surface area contributed by atoms with Crippen molar-refractivity contribution in [1.29, 1.82) is 0 Å². The number of ether oxygens (including phenoxy) is 2. The molecule has 6 nitrogen and oxygen atoms in total. The number of rotatable bonds is 4. The van der Waals surface area contributed by atoms with Crippen LogP contribution in [0.15, 0.2) is 71.7 Å². The first-order valence-corrected chi connectivity index (χ1v) is 12.2. The van der Waals surface area contributed by atoms with Crippen LogP contribution in [0.2, 0.25) is 0 Å². The molecular formula is C29H31N3O3. The highest BCUT2D eigenvalue weighted by molar-refractivity contribution is 6.04. The number of hydrogen-bond donors (Lipinski definition) is 0. The van der Waals surface area contributed by atoms with Crippen LogP contribution < -0.4 is 9.47 Å². The molecule has 0 bridgehead atoms. The van der Waals surface area contributed by atoms with Gasteiger partial charge in [0.25, 0.3) is 0 Å². The fourth-order valence-electron chi connectivity index (χ4n) is 4.83. The van der Waals surface area contributed by atoms with Gasteiger partial charge in [0.2, 0.25) is 5.91 Å². The Bertz CT molecular complexity index is 1250. The summed E-state index contributed by atoms with van der Waals surface area (Å²) in [6, 6.07) is 22.0. The third-order valence-electron chi connectivity index (χ3n) is 6.79. The first kappa shape index (κ1) is 23.0. The molecule has 0 aromatic heterocycles. The molecule has 0 saturated carbocycles. The van der Waals surface area contributed by atoms with Gasteiger partial charge in [-0.2, -0.15) is 0 Å². The monoisotopic (exact) mass is 469 g/mol. The minimum Gasteiger partial charge on any atom is -0.497 e. The maximum atomic E-state index is 13.4. The molecule has 0 spiro atoms. The minimum atomic E-state index is -0.105. The van der Waals surface area contributed by atoms with Crippen molar-refractivity contribution in [1.82, 2.24) is 9.80 Å². The predicted octanol–water partition coefficient (Wildman–Crippen LogP) is 5.53. The van der Waals surface area contributed by atoms with Crippen LogP contribution >= 0.6 is 0 Å². The Labute approximate surface area is 206 Å². The number of amidine groups is 1. The lowest BCUT2D eigenvalue weighted by Crippen LogP contribution is -2.51. The first-order chi connectivity index (χ1) is 17.1. The highest BCUT2D eigenvalue weighted by Crippen LogP contribution is 2.40. The van der Waals surface area contributed by atoms with Crippen LogP contribution in [-0.4, -0.2) is 54.8 Å². The molecule has 3 aromatic carbocycles. The van der Waals surface area contributed by atoms with Crippen molar-refractivity contribution in [3.63, 3.8) is 0 Å². The number of nitrogens with zero attached hydrogens (tertiary/aromatic N) is 3. The van der Waals surface area contributed by atoms with Crippen LogP contribution in [0.5, 0.6) is 17.2 Å². The van der Waals surface area contributed by atoms with Gasteiger partial charge in [-0.25, -0.2) is 4.99 Å². The molecular weight excluding hydrogens is 438 g/mol. The van der Waals surface area contributed by atoms with E-state index < -0.39 is 0 Å². The molecule has 0 aliphatic carbocycles. The Morgan fingerprint density at radius 1 is 1.00 bits per heavy atom. The van der Waals surface area contributed by atoms with Crippen LogP contribution in [0.4, 0.5) is 5.69 Å². The van der Waals surface area contributed by atoms with Crippen molar-refractivity contribution in [2.45, 2.75) is 26.2 Å². The highest BCUT2D eigenvalue weighted by atomic mass is 16.5. The predicted molar refractivity (Wildman–Crippen MR) is 138 cm³/mol. The van der Waals surface area contributed by atoms with E-state index in [1.54, 1.807) is 7.11 Å². The van der Waals surface area contributed by atoms with Crippen molar-refractivity contribution in [3.8, 4) is 17.2 Å². The molecule has 2 aliphatic heterocycles. The quantitative estimate of drug-likeness (QED) is 0.505. The summed E-state index contributed by atoms with van der Waals surface area (Å²) in [7, 11) is 1.66. The Morgan fingerprint density at radius 2 is 1.77 bits per heavy atom. The normalized spacial score (nSPS) is 15.8. The number of hydrogen-bond acceptors (Lipinski definition) is 5. The number of fused-ring (bicyclic) bond motifs is 2. The summed E-state index contributed by atoms with van der Waals surface area (Å²) in [5.74, 6) is 3.20. The zero-order chi connectivity index (χ0) is 24.4. The topological polar surface area (TPSA) is 54.4 Å². The second-order valence-electron chi connectivity index (χ2n) is 9.05. The molecule has 180 valence electrons. The molecule has 1 fully saturated rings. The van der Waals surface area contributed by atoms with Crippen LogP contribution in [0.25, 0.3) is 0 Å². The van der Waals surface area contributed by atoms with E-state index in [1.807, 2.05) is 78.6 Å². The molecule has 2 heterocycles. The molecule has 2 aliphatic rings. The largest absolute Gasteiger partial charge is 0.497 e. The zero-order valence-corrected chi connectivity index (χ0v) is 20.5. The van der Waals surface area contributed by atoms with Gasteiger partial charge in [-0.3, -0.25) is 4.79 Å². The number of piperazine rings is 1. The summed E-state index contributed by atoms with van der Waals surface area (Å²) < 4.78 is 11.8. The van der Waals surface area contributed by atoms with E-state index in [0.29, 0.717) is 26.2 Å². The van der Waals surface area contributed by atoms with Gasteiger partial charge in [-0.15, -0.1) is 0 Å². The number of carbonyl (C=O) groups is 1. The Kier molecular flexibility index (Phi) is 6.45. The fraction of sp³-hybridized carbons (Fsp3) is 0.310. The molecule has 0 radical (unpaired) electrons. The third-order valence-corrected chi connectivity index (χ3v) is 6.79. The van der Waals surface area contributed by atoms with E-state index in [2.05, 4.69) is 11.8 Å². The average Bonchev–Trinajstić information content (AvgIpc) is 3.05. The second kappa shape index (κ2) is 9.82. The Morgan fingerprint density at radius 3 is 2.49 bits per heavy atom. The van der Waals surface area contributed by atoms with Crippen LogP contribution in [-0.2, 0) is 4.79 Å². The Hall–Kier alpha value is -3.80. The van der Waals surface area contributed by atoms with Crippen molar-refractivity contribution in [3.05, 3.63) is 83.4 Å².